The fourth-order valence-electron chi connectivity index (χ4n) is 22.0. The lowest BCUT2D eigenvalue weighted by atomic mass is 9.82. The summed E-state index contributed by atoms with van der Waals surface area (Å²) in [5, 5.41) is 11.7. The molecule has 9 nitrogen and oxygen atoms in total. The lowest BCUT2D eigenvalue weighted by molar-refractivity contribution is 0.660. The molecule has 0 aliphatic heterocycles. The fraction of sp³-hybridized carbons (Fsp3) is 0.0672. The number of benzene rings is 20. The first-order valence-corrected chi connectivity index (χ1v) is 48.4. The van der Waals surface area contributed by atoms with Gasteiger partial charge in [-0.25, -0.2) is 44.4 Å². The maximum atomic E-state index is 7.61. The van der Waals surface area contributed by atoms with Gasteiger partial charge >= 0.3 is 0 Å². The molecule has 143 heavy (non-hydrogen) atoms. The minimum absolute atomic E-state index is 0.191. The van der Waals surface area contributed by atoms with Crippen LogP contribution < -0.4 is 0 Å². The van der Waals surface area contributed by atoms with Gasteiger partial charge in [0.2, 0.25) is 0 Å². The molecule has 26 rings (SSSR count). The van der Waals surface area contributed by atoms with Crippen molar-refractivity contribution in [3.05, 3.63) is 510 Å². The number of hydrogen-bond acceptors (Lipinski definition) is 6. The van der Waals surface area contributed by atoms with Crippen molar-refractivity contribution in [3.63, 3.8) is 0 Å². The quantitative estimate of drug-likeness (QED) is 0.113. The van der Waals surface area contributed by atoms with E-state index in [2.05, 4.69) is 463 Å². The van der Waals surface area contributed by atoms with Crippen LogP contribution in [0.5, 0.6) is 0 Å². The van der Waals surface area contributed by atoms with Gasteiger partial charge in [0, 0.05) is 66.3 Å². The Labute approximate surface area is 831 Å². The Morgan fingerprint density at radius 1 is 0.168 bits per heavy atom. The van der Waals surface area contributed by atoms with Crippen LogP contribution in [-0.2, 0) is 16.2 Å². The van der Waals surface area contributed by atoms with E-state index >= 15 is 0 Å². The molecule has 0 unspecified atom stereocenters. The van der Waals surface area contributed by atoms with E-state index in [4.69, 9.17) is 49.6 Å². The topological polar surface area (TPSA) is 90.4 Å². The van der Waals surface area contributed by atoms with Gasteiger partial charge in [-0.3, -0.25) is 0 Å². The lowest BCUT2D eigenvalue weighted by Crippen LogP contribution is -2.14. The zero-order chi connectivity index (χ0) is 96.8. The molecular weight excluding hydrogens is 1740 g/mol. The normalized spacial score (nSPS) is 12.8. The second-order valence-corrected chi connectivity index (χ2v) is 38.8. The molecule has 9 heteroatoms. The minimum Gasteiger partial charge on any atom is -0.238 e. The summed E-state index contributed by atoms with van der Waals surface area (Å²) in [6, 6.07) is 155. The number of hydrogen-bond donors (Lipinski definition) is 0. The number of rotatable bonds is 12. The highest BCUT2D eigenvalue weighted by Crippen LogP contribution is 2.58. The van der Waals surface area contributed by atoms with Crippen molar-refractivity contribution in [1.82, 2.24) is 29.9 Å². The van der Waals surface area contributed by atoms with Gasteiger partial charge in [-0.2, -0.15) is 0 Å². The van der Waals surface area contributed by atoms with Crippen LogP contribution in [0.1, 0.15) is 74.9 Å². The van der Waals surface area contributed by atoms with E-state index in [0.717, 1.165) is 133 Å². The highest BCUT2D eigenvalue weighted by Gasteiger charge is 2.41. The molecule has 20 aromatic carbocycles. The number of fused-ring (bicyclic) bond motifs is 14. The van der Waals surface area contributed by atoms with Gasteiger partial charge in [0.05, 0.1) is 53.9 Å². The molecule has 23 aromatic rings. The molecule has 0 saturated carbocycles. The Bertz CT molecular complexity index is 9110. The summed E-state index contributed by atoms with van der Waals surface area (Å²) in [6.45, 7) is 36.3. The highest BCUT2D eigenvalue weighted by molar-refractivity contribution is 6.03. The van der Waals surface area contributed by atoms with Crippen molar-refractivity contribution in [3.8, 4) is 168 Å². The van der Waals surface area contributed by atoms with Crippen LogP contribution in [0.4, 0.5) is 17.1 Å². The van der Waals surface area contributed by atoms with Gasteiger partial charge < -0.3 is 0 Å². The lowest BCUT2D eigenvalue weighted by Gasteiger charge is -2.22. The molecule has 0 amide bonds. The Morgan fingerprint density at radius 2 is 0.441 bits per heavy atom. The molecule has 3 aliphatic carbocycles. The van der Waals surface area contributed by atoms with Crippen LogP contribution in [-0.4, -0.2) is 29.9 Å². The fourth-order valence-corrected chi connectivity index (χ4v) is 22.0. The summed E-state index contributed by atoms with van der Waals surface area (Å²) in [5.74, 6) is 2.11. The van der Waals surface area contributed by atoms with E-state index in [0.29, 0.717) is 34.5 Å². The van der Waals surface area contributed by atoms with Crippen LogP contribution >= 0.6 is 0 Å². The molecule has 0 saturated heterocycles. The van der Waals surface area contributed by atoms with E-state index in [1.165, 1.54) is 105 Å². The van der Waals surface area contributed by atoms with Crippen LogP contribution in [0, 0.1) is 19.7 Å². The van der Waals surface area contributed by atoms with Gasteiger partial charge in [0.1, 0.15) is 0 Å². The van der Waals surface area contributed by atoms with E-state index in [1.807, 2.05) is 36.4 Å². The first-order valence-electron chi connectivity index (χ1n) is 48.4. The molecule has 0 N–H and O–H groups in total. The molecular formula is C134H91N9. The Balaban J connectivity index is 0.000000116. The Hall–Kier alpha value is -18.6. The van der Waals surface area contributed by atoms with Crippen LogP contribution in [0.15, 0.2) is 443 Å². The third-order valence-corrected chi connectivity index (χ3v) is 29.3. The van der Waals surface area contributed by atoms with E-state index in [1.54, 1.807) is 0 Å². The standard InChI is InChI=1S/2C46H31N3.C42H29N3/c1-46(2)40-23-11-20-36(44(40)39-25-24-33(47-3)27-41(39)46)31-16-8-17-32(26-31)42-28-43(37-21-9-14-29-12-4-6-18-34(29)37)49-45(48-42)38-22-10-15-30-13-5-7-19-35(30)38;1-46(2)40-17-9-16-38(44(40)39-23-22-37(47-3)27-41(39)46)33-14-8-15-34(26-33)42-28-43(35-20-18-29-10-4-6-12-31(29)24-35)49-45(48-42)36-21-19-30-11-5-7-13-32(30)25-36;1-42(2)36-21-11-19-33(40(36)35-23-22-31(43-3)25-37(35)42)29-16-9-17-30(24-29)39-26-38(28-13-5-4-6-14-28)44-41(45-39)34-20-10-15-27-12-7-8-18-32(27)34/h2*4-28H,1-2H3;4-26H,1-2H3. The van der Waals surface area contributed by atoms with Crippen LogP contribution in [0.25, 0.3) is 237 Å². The maximum absolute atomic E-state index is 7.61. The molecule has 672 valence electrons. The summed E-state index contributed by atoms with van der Waals surface area (Å²) in [5.41, 5.74) is 37.8. The molecule has 0 spiro atoms. The van der Waals surface area contributed by atoms with E-state index in [9.17, 15) is 0 Å². The SMILES string of the molecule is [C-]#[N+]c1ccc2c(c1)C(C)(C)c1cccc(-c3cccc(-c4cc(-c5ccc6ccccc6c5)nc(-c5ccc6ccccc6c5)n4)c3)c1-2.[C-]#[N+]c1ccc2c(c1)C(C)(C)c1cccc(-c3cccc(-c4cc(-c5cccc6ccccc56)nc(-c5cccc6ccccc56)n4)c3)c1-2.[C-]#[N+]c1ccc2c(c1)C(C)(C)c1cccc(-c3cccc(-c4cc(-c5ccccc5)nc(-c5cccc6ccccc56)n4)c3)c1-2. The Kier molecular flexibility index (Phi) is 21.6. The van der Waals surface area contributed by atoms with Gasteiger partial charge in [0.25, 0.3) is 0 Å². The molecule has 3 aliphatic rings. The predicted molar refractivity (Wildman–Crippen MR) is 590 cm³/mol. The molecule has 3 aromatic heterocycles. The summed E-state index contributed by atoms with van der Waals surface area (Å²) in [6.07, 6.45) is 0. The van der Waals surface area contributed by atoms with Crippen molar-refractivity contribution in [2.75, 3.05) is 0 Å². The average Bonchev–Trinajstić information content (AvgIpc) is 1.57. The van der Waals surface area contributed by atoms with Crippen molar-refractivity contribution in [1.29, 1.82) is 0 Å². The smallest absolute Gasteiger partial charge is 0.187 e. The van der Waals surface area contributed by atoms with E-state index < -0.39 is 0 Å². The monoisotopic (exact) mass is 1830 g/mol. The van der Waals surface area contributed by atoms with Gasteiger partial charge in [-0.1, -0.05) is 436 Å². The first kappa shape index (κ1) is 87.2. The maximum Gasteiger partial charge on any atom is 0.187 e. The second kappa shape index (κ2) is 35.4. The summed E-state index contributed by atoms with van der Waals surface area (Å²) in [4.78, 5) is 42.4. The van der Waals surface area contributed by atoms with Crippen molar-refractivity contribution < 1.29 is 0 Å². The van der Waals surface area contributed by atoms with E-state index in [-0.39, 0.29) is 16.2 Å². The largest absolute Gasteiger partial charge is 0.238 e. The molecule has 0 fully saturated rings. The average molecular weight is 1830 g/mol. The third kappa shape index (κ3) is 15.6. The number of aromatic nitrogens is 6. The highest BCUT2D eigenvalue weighted by atomic mass is 14.9. The van der Waals surface area contributed by atoms with Crippen molar-refractivity contribution in [2.45, 2.75) is 57.8 Å². The predicted octanol–water partition coefficient (Wildman–Crippen LogP) is 35.8. The van der Waals surface area contributed by atoms with Gasteiger partial charge in [-0.15, -0.1) is 0 Å². The van der Waals surface area contributed by atoms with Gasteiger partial charge in [0.15, 0.2) is 34.5 Å². The van der Waals surface area contributed by atoms with Crippen molar-refractivity contribution in [2.24, 2.45) is 0 Å². The van der Waals surface area contributed by atoms with Crippen LogP contribution in [0.3, 0.4) is 0 Å². The number of nitrogens with zero attached hydrogens (tertiary/aromatic N) is 9. The Morgan fingerprint density at radius 3 is 0.839 bits per heavy atom. The molecule has 3 heterocycles. The molecule has 0 radical (unpaired) electrons. The minimum atomic E-state index is -0.202. The first-order chi connectivity index (χ1) is 70.0. The zero-order valence-electron chi connectivity index (χ0n) is 79.7. The van der Waals surface area contributed by atoms with Crippen LogP contribution in [0.2, 0.25) is 0 Å². The third-order valence-electron chi connectivity index (χ3n) is 29.3. The van der Waals surface area contributed by atoms with Crippen molar-refractivity contribution >= 4 is 70.9 Å². The van der Waals surface area contributed by atoms with Gasteiger partial charge in [-0.05, 0) is 203 Å². The summed E-state index contributed by atoms with van der Waals surface area (Å²) < 4.78 is 0. The summed E-state index contributed by atoms with van der Waals surface area (Å²) in [7, 11) is 0. The second-order valence-electron chi connectivity index (χ2n) is 38.8. The molecule has 0 bridgehead atoms. The summed E-state index contributed by atoms with van der Waals surface area (Å²) >= 11 is 0. The zero-order valence-corrected chi connectivity index (χ0v) is 79.7. The molecule has 0 atom stereocenters.